The third-order valence-corrected chi connectivity index (χ3v) is 4.93. The van der Waals surface area contributed by atoms with E-state index < -0.39 is 0 Å². The number of hydrogen-bond donors (Lipinski definition) is 1. The lowest BCUT2D eigenvalue weighted by Crippen LogP contribution is -3.00. The molecule has 0 bridgehead atoms. The van der Waals surface area contributed by atoms with Gasteiger partial charge in [-0.1, -0.05) is 42.5 Å². The number of pyridine rings is 1. The van der Waals surface area contributed by atoms with Gasteiger partial charge in [0.25, 0.3) is 5.91 Å². The summed E-state index contributed by atoms with van der Waals surface area (Å²) >= 11 is 0. The SMILES string of the molecule is COc1ccc2cc(C(=O)NCc3cc[n+](Cc4ccccc4)cc3)ccc2c1.[Br-]. The van der Waals surface area contributed by atoms with Crippen molar-refractivity contribution in [2.45, 2.75) is 13.1 Å². The van der Waals surface area contributed by atoms with Crippen LogP contribution in [0.4, 0.5) is 0 Å². The number of nitrogens with zero attached hydrogens (tertiary/aromatic N) is 1. The zero-order chi connectivity index (χ0) is 20.1. The number of halogens is 1. The molecule has 0 aliphatic heterocycles. The number of hydrogen-bond acceptors (Lipinski definition) is 2. The van der Waals surface area contributed by atoms with Crippen LogP contribution < -0.4 is 31.6 Å². The van der Waals surface area contributed by atoms with Gasteiger partial charge in [-0.15, -0.1) is 0 Å². The number of amides is 1. The van der Waals surface area contributed by atoms with E-state index in [9.17, 15) is 4.79 Å². The van der Waals surface area contributed by atoms with Gasteiger partial charge in [0.1, 0.15) is 5.75 Å². The molecule has 5 heteroatoms. The van der Waals surface area contributed by atoms with Crippen LogP contribution in [0.3, 0.4) is 0 Å². The Morgan fingerprint density at radius 1 is 0.867 bits per heavy atom. The van der Waals surface area contributed by atoms with Gasteiger partial charge in [-0.25, -0.2) is 4.57 Å². The van der Waals surface area contributed by atoms with Crippen LogP contribution in [0.1, 0.15) is 21.5 Å². The summed E-state index contributed by atoms with van der Waals surface area (Å²) in [5, 5.41) is 5.06. The predicted molar refractivity (Wildman–Crippen MR) is 114 cm³/mol. The Hall–Kier alpha value is -3.18. The molecule has 0 spiro atoms. The van der Waals surface area contributed by atoms with E-state index in [1.165, 1.54) is 5.56 Å². The summed E-state index contributed by atoms with van der Waals surface area (Å²) in [6.45, 7) is 1.32. The van der Waals surface area contributed by atoms with Gasteiger partial charge < -0.3 is 27.0 Å². The van der Waals surface area contributed by atoms with Crippen LogP contribution in [0, 0.1) is 0 Å². The Bertz CT molecular complexity index is 1130. The largest absolute Gasteiger partial charge is 1.00 e. The van der Waals surface area contributed by atoms with Crippen molar-refractivity contribution in [1.82, 2.24) is 5.32 Å². The Kier molecular flexibility index (Phi) is 7.20. The van der Waals surface area contributed by atoms with Crippen molar-refractivity contribution in [1.29, 1.82) is 0 Å². The molecule has 0 fully saturated rings. The molecule has 1 N–H and O–H groups in total. The van der Waals surface area contributed by atoms with E-state index >= 15 is 0 Å². The van der Waals surface area contributed by atoms with E-state index in [0.29, 0.717) is 12.1 Å². The highest BCUT2D eigenvalue weighted by Crippen LogP contribution is 2.21. The van der Waals surface area contributed by atoms with Gasteiger partial charge in [-0.3, -0.25) is 4.79 Å². The van der Waals surface area contributed by atoms with Gasteiger partial charge in [0.2, 0.25) is 0 Å². The fourth-order valence-electron chi connectivity index (χ4n) is 3.28. The topological polar surface area (TPSA) is 42.2 Å². The van der Waals surface area contributed by atoms with Crippen LogP contribution in [0.2, 0.25) is 0 Å². The average molecular weight is 463 g/mol. The van der Waals surface area contributed by atoms with Gasteiger partial charge in [-0.2, -0.15) is 0 Å². The lowest BCUT2D eigenvalue weighted by Gasteiger charge is -2.07. The molecule has 30 heavy (non-hydrogen) atoms. The smallest absolute Gasteiger partial charge is 0.251 e. The van der Waals surface area contributed by atoms with Crippen molar-refractivity contribution in [2.24, 2.45) is 0 Å². The summed E-state index contributed by atoms with van der Waals surface area (Å²) in [6.07, 6.45) is 4.08. The van der Waals surface area contributed by atoms with Crippen molar-refractivity contribution < 1.29 is 31.1 Å². The monoisotopic (exact) mass is 462 g/mol. The normalized spacial score (nSPS) is 10.3. The first-order valence-electron chi connectivity index (χ1n) is 9.59. The van der Waals surface area contributed by atoms with Crippen LogP contribution in [0.25, 0.3) is 10.8 Å². The van der Waals surface area contributed by atoms with E-state index in [2.05, 4.69) is 22.0 Å². The number of ether oxygens (including phenoxy) is 1. The molecule has 0 aliphatic rings. The number of carbonyl (C=O) groups is 1. The third kappa shape index (κ3) is 5.24. The molecule has 0 saturated heterocycles. The van der Waals surface area contributed by atoms with Crippen molar-refractivity contribution in [2.75, 3.05) is 7.11 Å². The van der Waals surface area contributed by atoms with E-state index in [0.717, 1.165) is 28.6 Å². The number of carbonyl (C=O) groups excluding carboxylic acids is 1. The summed E-state index contributed by atoms with van der Waals surface area (Å²) in [6, 6.07) is 25.9. The van der Waals surface area contributed by atoms with E-state index in [1.807, 2.05) is 79.1 Å². The molecule has 152 valence electrons. The van der Waals surface area contributed by atoms with E-state index in [4.69, 9.17) is 4.74 Å². The van der Waals surface area contributed by atoms with Crippen LogP contribution in [0.15, 0.2) is 91.3 Å². The fourth-order valence-corrected chi connectivity index (χ4v) is 3.28. The maximum absolute atomic E-state index is 12.6. The first-order valence-corrected chi connectivity index (χ1v) is 9.59. The zero-order valence-corrected chi connectivity index (χ0v) is 18.3. The summed E-state index contributed by atoms with van der Waals surface area (Å²) < 4.78 is 7.37. The van der Waals surface area contributed by atoms with E-state index in [1.54, 1.807) is 7.11 Å². The number of fused-ring (bicyclic) bond motifs is 1. The molecule has 0 aliphatic carbocycles. The van der Waals surface area contributed by atoms with Crippen molar-refractivity contribution in [3.8, 4) is 5.75 Å². The molecule has 0 radical (unpaired) electrons. The third-order valence-electron chi connectivity index (χ3n) is 4.93. The number of nitrogens with one attached hydrogen (secondary N) is 1. The quantitative estimate of drug-likeness (QED) is 0.436. The Morgan fingerprint density at radius 3 is 2.30 bits per heavy atom. The highest BCUT2D eigenvalue weighted by molar-refractivity contribution is 5.98. The standard InChI is InChI=1S/C25H22N2O2.BrH/c1-29-24-10-9-21-15-23(8-7-22(21)16-24)25(28)26-17-19-11-13-27(14-12-19)18-20-5-3-2-4-6-20;/h2-16H,17-18H2,1H3;1H. The number of methoxy groups -OCH3 is 1. The molecular weight excluding hydrogens is 440 g/mol. The predicted octanol–water partition coefficient (Wildman–Crippen LogP) is 1.12. The molecule has 1 aromatic heterocycles. The molecule has 0 unspecified atom stereocenters. The zero-order valence-electron chi connectivity index (χ0n) is 16.7. The Labute approximate surface area is 186 Å². The first-order chi connectivity index (χ1) is 14.2. The van der Waals surface area contributed by atoms with Gasteiger partial charge in [0.05, 0.1) is 7.11 Å². The van der Waals surface area contributed by atoms with Crippen LogP contribution in [-0.2, 0) is 13.1 Å². The van der Waals surface area contributed by atoms with Gasteiger partial charge >= 0.3 is 0 Å². The van der Waals surface area contributed by atoms with Gasteiger partial charge in [-0.05, 0) is 40.6 Å². The Morgan fingerprint density at radius 2 is 1.57 bits per heavy atom. The van der Waals surface area contributed by atoms with Crippen molar-refractivity contribution in [3.63, 3.8) is 0 Å². The van der Waals surface area contributed by atoms with Crippen molar-refractivity contribution >= 4 is 16.7 Å². The molecular formula is C25H23BrN2O2. The minimum Gasteiger partial charge on any atom is -1.00 e. The second-order valence-electron chi connectivity index (χ2n) is 6.97. The van der Waals surface area contributed by atoms with Crippen molar-refractivity contribution in [3.05, 3.63) is 108 Å². The van der Waals surface area contributed by atoms with E-state index in [-0.39, 0.29) is 22.9 Å². The molecule has 0 atom stereocenters. The molecule has 3 aromatic carbocycles. The summed E-state index contributed by atoms with van der Waals surface area (Å²) in [4.78, 5) is 12.6. The Balaban J connectivity index is 0.00000256. The van der Waals surface area contributed by atoms with Crippen LogP contribution in [-0.4, -0.2) is 13.0 Å². The van der Waals surface area contributed by atoms with Crippen LogP contribution >= 0.6 is 0 Å². The van der Waals surface area contributed by atoms with Gasteiger partial charge in [0.15, 0.2) is 18.9 Å². The molecule has 1 amide bonds. The minimum atomic E-state index is -0.0799. The molecule has 4 rings (SSSR count). The summed E-state index contributed by atoms with van der Waals surface area (Å²) in [7, 11) is 1.65. The minimum absolute atomic E-state index is 0. The molecule has 0 saturated carbocycles. The highest BCUT2D eigenvalue weighted by Gasteiger charge is 2.08. The second-order valence-corrected chi connectivity index (χ2v) is 6.97. The summed E-state index contributed by atoms with van der Waals surface area (Å²) in [5.41, 5.74) is 2.97. The lowest BCUT2D eigenvalue weighted by molar-refractivity contribution is -0.688. The molecule has 4 nitrogen and oxygen atoms in total. The van der Waals surface area contributed by atoms with Crippen LogP contribution in [0.5, 0.6) is 5.75 Å². The number of aromatic nitrogens is 1. The molecule has 4 aromatic rings. The fraction of sp³-hybridized carbons (Fsp3) is 0.120. The second kappa shape index (κ2) is 10.0. The first kappa shape index (κ1) is 21.5. The lowest BCUT2D eigenvalue weighted by atomic mass is 10.1. The maximum atomic E-state index is 12.6. The average Bonchev–Trinajstić information content (AvgIpc) is 2.78. The number of rotatable bonds is 6. The summed E-state index contributed by atoms with van der Waals surface area (Å²) in [5.74, 6) is 0.729. The number of benzene rings is 3. The molecule has 1 heterocycles. The van der Waals surface area contributed by atoms with Gasteiger partial charge in [0, 0.05) is 29.8 Å². The maximum Gasteiger partial charge on any atom is 0.251 e. The highest BCUT2D eigenvalue weighted by atomic mass is 79.9.